The number of aryl methyl sites for hydroxylation is 2. The van der Waals surface area contributed by atoms with Crippen molar-refractivity contribution in [2.75, 3.05) is 12.3 Å². The molecule has 2 aromatic heterocycles. The fourth-order valence-corrected chi connectivity index (χ4v) is 4.46. The Balaban J connectivity index is 1.38. The van der Waals surface area contributed by atoms with E-state index < -0.39 is 0 Å². The summed E-state index contributed by atoms with van der Waals surface area (Å²) in [6.07, 6.45) is 6.74. The minimum Gasteiger partial charge on any atom is -0.375 e. The van der Waals surface area contributed by atoms with Crippen molar-refractivity contribution in [3.8, 4) is 0 Å². The third kappa shape index (κ3) is 2.85. The molecular weight excluding hydrogens is 310 g/mol. The number of thiazole rings is 1. The maximum absolute atomic E-state index is 12.5. The SMILES string of the molecule is Nc1nc2c(s1)CN(C(=O)CCc1n[nH]c3c1CCCC3)CC2. The molecular formula is C16H21N5OS. The van der Waals surface area contributed by atoms with Crippen LogP contribution >= 0.6 is 11.3 Å². The molecule has 0 radical (unpaired) electrons. The van der Waals surface area contributed by atoms with Crippen molar-refractivity contribution in [1.29, 1.82) is 0 Å². The van der Waals surface area contributed by atoms with E-state index in [4.69, 9.17) is 5.73 Å². The van der Waals surface area contributed by atoms with Gasteiger partial charge in [0.2, 0.25) is 5.91 Å². The number of fused-ring (bicyclic) bond motifs is 2. The number of H-pyrrole nitrogens is 1. The lowest BCUT2D eigenvalue weighted by atomic mass is 9.94. The number of nitrogens with one attached hydrogen (secondary N) is 1. The molecule has 23 heavy (non-hydrogen) atoms. The molecule has 1 amide bonds. The van der Waals surface area contributed by atoms with Crippen LogP contribution < -0.4 is 5.73 Å². The number of aromatic amines is 1. The van der Waals surface area contributed by atoms with Gasteiger partial charge in [0.25, 0.3) is 0 Å². The Bertz CT molecular complexity index is 735. The average Bonchev–Trinajstić information content (AvgIpc) is 3.14. The molecule has 7 heteroatoms. The third-order valence-electron chi connectivity index (χ3n) is 4.82. The Morgan fingerprint density at radius 1 is 1.30 bits per heavy atom. The Hall–Kier alpha value is -1.89. The minimum atomic E-state index is 0.204. The number of aromatic nitrogens is 3. The number of carbonyl (C=O) groups is 1. The van der Waals surface area contributed by atoms with Crippen LogP contribution in [0.25, 0.3) is 0 Å². The predicted octanol–water partition coefficient (Wildman–Crippen LogP) is 1.84. The van der Waals surface area contributed by atoms with Crippen LogP contribution in [0.2, 0.25) is 0 Å². The second-order valence-electron chi connectivity index (χ2n) is 6.32. The summed E-state index contributed by atoms with van der Waals surface area (Å²) in [6.45, 7) is 1.40. The first-order valence-electron chi connectivity index (χ1n) is 8.27. The normalized spacial score (nSPS) is 17.0. The van der Waals surface area contributed by atoms with Crippen LogP contribution in [0.1, 0.15) is 46.8 Å². The van der Waals surface area contributed by atoms with Gasteiger partial charge in [-0.1, -0.05) is 0 Å². The molecule has 0 saturated carbocycles. The smallest absolute Gasteiger partial charge is 0.223 e. The number of hydrogen-bond acceptors (Lipinski definition) is 5. The van der Waals surface area contributed by atoms with Crippen LogP contribution in [0, 0.1) is 0 Å². The van der Waals surface area contributed by atoms with Crippen molar-refractivity contribution in [3.63, 3.8) is 0 Å². The second kappa shape index (κ2) is 5.96. The van der Waals surface area contributed by atoms with Gasteiger partial charge in [0.1, 0.15) is 0 Å². The number of nitrogen functional groups attached to an aromatic ring is 1. The van der Waals surface area contributed by atoms with Gasteiger partial charge in [-0.25, -0.2) is 4.98 Å². The van der Waals surface area contributed by atoms with Gasteiger partial charge in [-0.15, -0.1) is 11.3 Å². The van der Waals surface area contributed by atoms with Crippen LogP contribution in [0.4, 0.5) is 5.13 Å². The van der Waals surface area contributed by atoms with Crippen molar-refractivity contribution >= 4 is 22.4 Å². The zero-order chi connectivity index (χ0) is 15.8. The maximum Gasteiger partial charge on any atom is 0.223 e. The van der Waals surface area contributed by atoms with Crippen molar-refractivity contribution in [1.82, 2.24) is 20.1 Å². The largest absolute Gasteiger partial charge is 0.375 e. The number of rotatable bonds is 3. The van der Waals surface area contributed by atoms with Gasteiger partial charge in [-0.2, -0.15) is 5.10 Å². The molecule has 0 bridgehead atoms. The molecule has 0 unspecified atom stereocenters. The molecule has 0 atom stereocenters. The molecule has 6 nitrogen and oxygen atoms in total. The van der Waals surface area contributed by atoms with Crippen LogP contribution in [0.15, 0.2) is 0 Å². The molecule has 1 aliphatic heterocycles. The van der Waals surface area contributed by atoms with Gasteiger partial charge in [0.15, 0.2) is 5.13 Å². The highest BCUT2D eigenvalue weighted by Crippen LogP contribution is 2.27. The highest BCUT2D eigenvalue weighted by Gasteiger charge is 2.24. The summed E-state index contributed by atoms with van der Waals surface area (Å²) in [5.41, 5.74) is 10.6. The van der Waals surface area contributed by atoms with Crippen LogP contribution in [-0.4, -0.2) is 32.5 Å². The summed E-state index contributed by atoms with van der Waals surface area (Å²) in [5, 5.41) is 8.19. The molecule has 1 aliphatic carbocycles. The third-order valence-corrected chi connectivity index (χ3v) is 5.73. The lowest BCUT2D eigenvalue weighted by molar-refractivity contribution is -0.132. The van der Waals surface area contributed by atoms with Gasteiger partial charge < -0.3 is 10.6 Å². The highest BCUT2D eigenvalue weighted by molar-refractivity contribution is 7.15. The van der Waals surface area contributed by atoms with E-state index in [1.165, 1.54) is 35.4 Å². The summed E-state index contributed by atoms with van der Waals surface area (Å²) in [4.78, 5) is 19.9. The summed E-state index contributed by atoms with van der Waals surface area (Å²) in [5.74, 6) is 0.204. The highest BCUT2D eigenvalue weighted by atomic mass is 32.1. The topological polar surface area (TPSA) is 87.9 Å². The molecule has 0 spiro atoms. The number of nitrogens with two attached hydrogens (primary N) is 1. The van der Waals surface area contributed by atoms with E-state index in [9.17, 15) is 4.79 Å². The molecule has 0 saturated heterocycles. The van der Waals surface area contributed by atoms with E-state index in [0.717, 1.165) is 48.5 Å². The summed E-state index contributed by atoms with van der Waals surface area (Å²) in [6, 6.07) is 0. The zero-order valence-electron chi connectivity index (χ0n) is 13.1. The van der Waals surface area contributed by atoms with E-state index in [0.29, 0.717) is 18.1 Å². The fourth-order valence-electron chi connectivity index (χ4n) is 3.57. The molecule has 2 aromatic rings. The average molecular weight is 331 g/mol. The number of hydrogen-bond donors (Lipinski definition) is 2. The fraction of sp³-hybridized carbons (Fsp3) is 0.562. The van der Waals surface area contributed by atoms with Crippen LogP contribution in [-0.2, 0) is 37.0 Å². The predicted molar refractivity (Wildman–Crippen MR) is 89.2 cm³/mol. The monoisotopic (exact) mass is 331 g/mol. The molecule has 4 rings (SSSR count). The molecule has 0 aromatic carbocycles. The van der Waals surface area contributed by atoms with Gasteiger partial charge in [-0.3, -0.25) is 9.89 Å². The Kier molecular flexibility index (Phi) is 3.80. The molecule has 122 valence electrons. The first-order chi connectivity index (χ1) is 11.2. The van der Waals surface area contributed by atoms with Crippen molar-refractivity contribution in [2.45, 2.75) is 51.5 Å². The molecule has 2 aliphatic rings. The zero-order valence-corrected chi connectivity index (χ0v) is 13.9. The Labute approximate surface area is 139 Å². The van der Waals surface area contributed by atoms with Gasteiger partial charge in [0.05, 0.1) is 17.9 Å². The lowest BCUT2D eigenvalue weighted by Gasteiger charge is -2.26. The molecule has 0 fully saturated rings. The lowest BCUT2D eigenvalue weighted by Crippen LogP contribution is -2.35. The summed E-state index contributed by atoms with van der Waals surface area (Å²) >= 11 is 1.50. The van der Waals surface area contributed by atoms with Crippen molar-refractivity contribution in [3.05, 3.63) is 27.5 Å². The standard InChI is InChI=1S/C16H21N5OS/c17-16-18-13-7-8-21(9-14(13)23-16)15(22)6-5-12-10-3-1-2-4-11(10)19-20-12/h1-9H2,(H2,17,18)(H,19,20). The van der Waals surface area contributed by atoms with Crippen molar-refractivity contribution < 1.29 is 4.79 Å². The van der Waals surface area contributed by atoms with Gasteiger partial charge in [0, 0.05) is 36.4 Å². The minimum absolute atomic E-state index is 0.204. The molecule has 3 heterocycles. The quantitative estimate of drug-likeness (QED) is 0.898. The van der Waals surface area contributed by atoms with Gasteiger partial charge >= 0.3 is 0 Å². The van der Waals surface area contributed by atoms with Crippen LogP contribution in [0.3, 0.4) is 0 Å². The van der Waals surface area contributed by atoms with E-state index in [-0.39, 0.29) is 5.91 Å². The first kappa shape index (κ1) is 14.7. The van der Waals surface area contributed by atoms with E-state index in [2.05, 4.69) is 15.2 Å². The Morgan fingerprint density at radius 3 is 3.09 bits per heavy atom. The maximum atomic E-state index is 12.5. The van der Waals surface area contributed by atoms with E-state index in [1.54, 1.807) is 0 Å². The second-order valence-corrected chi connectivity index (χ2v) is 7.44. The summed E-state index contributed by atoms with van der Waals surface area (Å²) in [7, 11) is 0. The number of anilines is 1. The van der Waals surface area contributed by atoms with Crippen molar-refractivity contribution in [2.24, 2.45) is 0 Å². The number of amides is 1. The van der Waals surface area contributed by atoms with E-state index in [1.807, 2.05) is 4.90 Å². The van der Waals surface area contributed by atoms with Gasteiger partial charge in [-0.05, 0) is 31.2 Å². The Morgan fingerprint density at radius 2 is 2.17 bits per heavy atom. The number of carbonyl (C=O) groups excluding carboxylic acids is 1. The first-order valence-corrected chi connectivity index (χ1v) is 9.09. The number of nitrogens with zero attached hydrogens (tertiary/aromatic N) is 3. The summed E-state index contributed by atoms with van der Waals surface area (Å²) < 4.78 is 0. The van der Waals surface area contributed by atoms with Crippen LogP contribution in [0.5, 0.6) is 0 Å². The molecule has 3 N–H and O–H groups in total. The van der Waals surface area contributed by atoms with E-state index >= 15 is 0 Å².